The molecule has 1 aliphatic heterocycles. The van der Waals surface area contributed by atoms with Crippen LogP contribution in [0.5, 0.6) is 11.5 Å². The standard InChI is InChI=1S/C30H46N6O2/c1-22-27(23-13-7-4-5-8-14-23)28(31-19-12-20-36(2)3)34-29(32-22)35-30(37)33-24-15-11-18-26(21-24)38-25-16-9-6-10-17-25/h6,9-11,15-18,21-23,27-29,31-32,34H,4-5,7-8,12-14,19-20H2,1-3H3,(H2,33,35,37). The van der Waals surface area contributed by atoms with E-state index in [1.54, 1.807) is 0 Å². The van der Waals surface area contributed by atoms with Crippen LogP contribution < -0.4 is 31.3 Å². The average Bonchev–Trinajstić information content (AvgIpc) is 3.16. The molecule has 0 radical (unpaired) electrons. The van der Waals surface area contributed by atoms with Gasteiger partial charge in [-0.05, 0) is 70.7 Å². The molecule has 8 heteroatoms. The van der Waals surface area contributed by atoms with E-state index in [0.717, 1.165) is 25.3 Å². The van der Waals surface area contributed by atoms with Gasteiger partial charge in [-0.15, -0.1) is 0 Å². The van der Waals surface area contributed by atoms with Crippen LogP contribution in [-0.4, -0.2) is 56.6 Å². The summed E-state index contributed by atoms with van der Waals surface area (Å²) >= 11 is 0. The van der Waals surface area contributed by atoms with Crippen LogP contribution in [0.1, 0.15) is 51.9 Å². The average molecular weight is 523 g/mol. The van der Waals surface area contributed by atoms with Gasteiger partial charge in [0, 0.05) is 23.7 Å². The number of hydrogen-bond acceptors (Lipinski definition) is 6. The molecule has 0 aromatic heterocycles. The van der Waals surface area contributed by atoms with Gasteiger partial charge in [0.1, 0.15) is 17.8 Å². The zero-order valence-electron chi connectivity index (χ0n) is 23.2. The summed E-state index contributed by atoms with van der Waals surface area (Å²) in [6, 6.07) is 17.1. The highest BCUT2D eigenvalue weighted by Gasteiger charge is 2.39. The van der Waals surface area contributed by atoms with Crippen molar-refractivity contribution in [1.82, 2.24) is 26.2 Å². The summed E-state index contributed by atoms with van der Waals surface area (Å²) in [4.78, 5) is 15.2. The van der Waals surface area contributed by atoms with E-state index >= 15 is 0 Å². The minimum Gasteiger partial charge on any atom is -0.457 e. The summed E-state index contributed by atoms with van der Waals surface area (Å²) in [5.74, 6) is 2.58. The first-order chi connectivity index (χ1) is 18.5. The smallest absolute Gasteiger partial charge is 0.321 e. The first-order valence-electron chi connectivity index (χ1n) is 14.3. The molecule has 4 rings (SSSR count). The Morgan fingerprint density at radius 2 is 1.71 bits per heavy atom. The number of amides is 2. The van der Waals surface area contributed by atoms with Crippen molar-refractivity contribution >= 4 is 11.7 Å². The summed E-state index contributed by atoms with van der Waals surface area (Å²) in [7, 11) is 4.22. The lowest BCUT2D eigenvalue weighted by atomic mass is 9.78. The fourth-order valence-electron chi connectivity index (χ4n) is 5.87. The first-order valence-corrected chi connectivity index (χ1v) is 14.3. The van der Waals surface area contributed by atoms with Gasteiger partial charge < -0.3 is 25.6 Å². The Labute approximate surface area is 228 Å². The zero-order chi connectivity index (χ0) is 26.7. The van der Waals surface area contributed by atoms with Crippen LogP contribution >= 0.6 is 0 Å². The highest BCUT2D eigenvalue weighted by molar-refractivity contribution is 5.89. The quantitative estimate of drug-likeness (QED) is 0.225. The third kappa shape index (κ3) is 8.70. The predicted molar refractivity (Wildman–Crippen MR) is 154 cm³/mol. The summed E-state index contributed by atoms with van der Waals surface area (Å²) in [5, 5.41) is 17.1. The van der Waals surface area contributed by atoms with Crippen LogP contribution in [0.3, 0.4) is 0 Å². The van der Waals surface area contributed by atoms with E-state index in [1.165, 1.54) is 38.5 Å². The molecule has 1 saturated carbocycles. The predicted octanol–water partition coefficient (Wildman–Crippen LogP) is 4.92. The van der Waals surface area contributed by atoms with Crippen molar-refractivity contribution in [2.24, 2.45) is 11.8 Å². The van der Waals surface area contributed by atoms with E-state index in [-0.39, 0.29) is 24.5 Å². The second kappa shape index (κ2) is 14.5. The highest BCUT2D eigenvalue weighted by atomic mass is 16.5. The highest BCUT2D eigenvalue weighted by Crippen LogP contribution is 2.34. The molecule has 8 nitrogen and oxygen atoms in total. The molecule has 0 spiro atoms. The number of rotatable bonds is 10. The summed E-state index contributed by atoms with van der Waals surface area (Å²) in [6.45, 7) is 4.26. The molecule has 2 aromatic carbocycles. The molecular weight excluding hydrogens is 476 g/mol. The van der Waals surface area contributed by atoms with E-state index in [1.807, 2.05) is 54.6 Å². The van der Waals surface area contributed by atoms with E-state index in [0.29, 0.717) is 23.3 Å². The molecule has 1 aliphatic carbocycles. The maximum absolute atomic E-state index is 13.0. The number of nitrogens with one attached hydrogen (secondary N) is 5. The molecule has 2 fully saturated rings. The van der Waals surface area contributed by atoms with E-state index < -0.39 is 0 Å². The van der Waals surface area contributed by atoms with Crippen LogP contribution in [0, 0.1) is 11.8 Å². The topological polar surface area (TPSA) is 89.7 Å². The molecule has 5 N–H and O–H groups in total. The number of carbonyl (C=O) groups excluding carboxylic acids is 1. The van der Waals surface area contributed by atoms with Crippen molar-refractivity contribution in [3.05, 3.63) is 54.6 Å². The van der Waals surface area contributed by atoms with Crippen molar-refractivity contribution in [3.8, 4) is 11.5 Å². The van der Waals surface area contributed by atoms with Gasteiger partial charge in [-0.1, -0.05) is 62.8 Å². The number of nitrogens with zero attached hydrogens (tertiary/aromatic N) is 1. The Morgan fingerprint density at radius 3 is 2.45 bits per heavy atom. The molecule has 0 bridgehead atoms. The SMILES string of the molecule is CC1NC(NC(=O)Nc2cccc(Oc3ccccc3)c2)NC(NCCCN(C)C)C1C1CCCCCC1. The monoisotopic (exact) mass is 522 g/mol. The first kappa shape index (κ1) is 28.4. The van der Waals surface area contributed by atoms with Gasteiger partial charge in [-0.2, -0.15) is 0 Å². The Bertz CT molecular complexity index is 980. The minimum absolute atomic E-state index is 0.143. The maximum atomic E-state index is 13.0. The lowest BCUT2D eigenvalue weighted by molar-refractivity contribution is 0.0809. The van der Waals surface area contributed by atoms with Crippen LogP contribution in [0.4, 0.5) is 10.5 Å². The maximum Gasteiger partial charge on any atom is 0.321 e. The Morgan fingerprint density at radius 1 is 0.974 bits per heavy atom. The summed E-state index contributed by atoms with van der Waals surface area (Å²) < 4.78 is 5.91. The molecule has 1 heterocycles. The lowest BCUT2D eigenvalue weighted by Crippen LogP contribution is -2.72. The molecule has 4 unspecified atom stereocenters. The van der Waals surface area contributed by atoms with Gasteiger partial charge in [0.15, 0.2) is 0 Å². The van der Waals surface area contributed by atoms with E-state index in [4.69, 9.17) is 4.74 Å². The normalized spacial score (nSPS) is 24.5. The van der Waals surface area contributed by atoms with E-state index in [2.05, 4.69) is 52.5 Å². The summed E-state index contributed by atoms with van der Waals surface area (Å²) in [5.41, 5.74) is 0.675. The Kier molecular flexibility index (Phi) is 10.8. The number of anilines is 1. The van der Waals surface area contributed by atoms with E-state index in [9.17, 15) is 4.79 Å². The number of urea groups is 1. The summed E-state index contributed by atoms with van der Waals surface area (Å²) in [6.07, 6.45) is 8.80. The van der Waals surface area contributed by atoms with Crippen LogP contribution in [0.25, 0.3) is 0 Å². The molecule has 208 valence electrons. The third-order valence-electron chi connectivity index (χ3n) is 7.67. The molecular formula is C30H46N6O2. The molecule has 2 aliphatic rings. The van der Waals surface area contributed by atoms with Crippen molar-refractivity contribution in [3.63, 3.8) is 0 Å². The number of hydrogen-bond donors (Lipinski definition) is 5. The van der Waals surface area contributed by atoms with Crippen LogP contribution in [0.2, 0.25) is 0 Å². The zero-order valence-corrected chi connectivity index (χ0v) is 23.2. The van der Waals surface area contributed by atoms with Crippen LogP contribution in [-0.2, 0) is 0 Å². The molecule has 4 atom stereocenters. The fraction of sp³-hybridized carbons (Fsp3) is 0.567. The van der Waals surface area contributed by atoms with Crippen molar-refractivity contribution in [2.45, 2.75) is 70.4 Å². The van der Waals surface area contributed by atoms with Gasteiger partial charge in [-0.25, -0.2) is 4.79 Å². The van der Waals surface area contributed by atoms with Gasteiger partial charge in [0.25, 0.3) is 0 Å². The molecule has 2 amide bonds. The molecule has 1 saturated heterocycles. The largest absolute Gasteiger partial charge is 0.457 e. The number of para-hydroxylation sites is 1. The number of carbonyl (C=O) groups is 1. The van der Waals surface area contributed by atoms with Crippen molar-refractivity contribution in [1.29, 1.82) is 0 Å². The molecule has 38 heavy (non-hydrogen) atoms. The fourth-order valence-corrected chi connectivity index (χ4v) is 5.87. The second-order valence-electron chi connectivity index (χ2n) is 11.0. The lowest BCUT2D eigenvalue weighted by Gasteiger charge is -2.46. The molecule has 2 aromatic rings. The Hall–Kier alpha value is -2.65. The number of benzene rings is 2. The van der Waals surface area contributed by atoms with Gasteiger partial charge in [0.2, 0.25) is 0 Å². The van der Waals surface area contributed by atoms with Crippen molar-refractivity contribution < 1.29 is 9.53 Å². The van der Waals surface area contributed by atoms with Crippen molar-refractivity contribution in [2.75, 3.05) is 32.5 Å². The van der Waals surface area contributed by atoms with Gasteiger partial charge in [-0.3, -0.25) is 10.6 Å². The second-order valence-corrected chi connectivity index (χ2v) is 11.0. The number of ether oxygens (including phenoxy) is 1. The Balaban J connectivity index is 1.35. The minimum atomic E-state index is -0.331. The van der Waals surface area contributed by atoms with Crippen LogP contribution in [0.15, 0.2) is 54.6 Å². The van der Waals surface area contributed by atoms with Gasteiger partial charge in [0.05, 0.1) is 6.17 Å². The van der Waals surface area contributed by atoms with Gasteiger partial charge >= 0.3 is 6.03 Å². The third-order valence-corrected chi connectivity index (χ3v) is 7.67.